The van der Waals surface area contributed by atoms with Crippen LogP contribution in [0.25, 0.3) is 0 Å². The largest absolute Gasteiger partial charge is 0.504 e. The van der Waals surface area contributed by atoms with E-state index in [0.29, 0.717) is 31.6 Å². The number of unbranched alkanes of at least 4 members (excludes halogenated alkanes) is 2. The SMILES string of the molecule is CCCCC[C@H](O)C[C@@H](CCc1cc(CNC)c(O)c(OC2CCCC2)c1)OC(C)=O. The highest BCUT2D eigenvalue weighted by molar-refractivity contribution is 5.66. The van der Waals surface area contributed by atoms with Gasteiger partial charge in [0.2, 0.25) is 0 Å². The Morgan fingerprint density at radius 1 is 1.23 bits per heavy atom. The second-order valence-corrected chi connectivity index (χ2v) is 8.81. The van der Waals surface area contributed by atoms with Gasteiger partial charge in [-0.1, -0.05) is 32.3 Å². The van der Waals surface area contributed by atoms with E-state index in [0.717, 1.165) is 49.7 Å². The fraction of sp³-hybridized carbons (Fsp3) is 0.720. The van der Waals surface area contributed by atoms with Crippen molar-refractivity contribution in [1.29, 1.82) is 0 Å². The van der Waals surface area contributed by atoms with Crippen LogP contribution in [0, 0.1) is 0 Å². The summed E-state index contributed by atoms with van der Waals surface area (Å²) in [4.78, 5) is 11.6. The molecule has 0 aliphatic heterocycles. The van der Waals surface area contributed by atoms with Crippen LogP contribution in [0.4, 0.5) is 0 Å². The van der Waals surface area contributed by atoms with Crippen molar-refractivity contribution >= 4 is 5.97 Å². The first-order valence-electron chi connectivity index (χ1n) is 11.9. The number of rotatable bonds is 14. The monoisotopic (exact) mass is 435 g/mol. The smallest absolute Gasteiger partial charge is 0.302 e. The second kappa shape index (κ2) is 13.6. The molecule has 31 heavy (non-hydrogen) atoms. The van der Waals surface area contributed by atoms with Gasteiger partial charge in [-0.05, 0) is 63.6 Å². The third kappa shape index (κ3) is 9.08. The number of carbonyl (C=O) groups excluding carboxylic acids is 1. The molecule has 176 valence electrons. The number of hydrogen-bond acceptors (Lipinski definition) is 6. The molecule has 1 saturated carbocycles. The lowest BCUT2D eigenvalue weighted by Gasteiger charge is -2.21. The Morgan fingerprint density at radius 2 is 1.97 bits per heavy atom. The molecular formula is C25H41NO5. The highest BCUT2D eigenvalue weighted by Gasteiger charge is 2.21. The Morgan fingerprint density at radius 3 is 2.61 bits per heavy atom. The van der Waals surface area contributed by atoms with Crippen molar-refractivity contribution in [2.24, 2.45) is 0 Å². The zero-order valence-corrected chi connectivity index (χ0v) is 19.5. The highest BCUT2D eigenvalue weighted by Crippen LogP contribution is 2.35. The zero-order chi connectivity index (χ0) is 22.6. The summed E-state index contributed by atoms with van der Waals surface area (Å²) in [5.74, 6) is 0.420. The highest BCUT2D eigenvalue weighted by atomic mass is 16.5. The number of hydrogen-bond donors (Lipinski definition) is 3. The average molecular weight is 436 g/mol. The van der Waals surface area contributed by atoms with E-state index in [2.05, 4.69) is 12.2 Å². The minimum absolute atomic E-state index is 0.163. The second-order valence-electron chi connectivity index (χ2n) is 8.81. The van der Waals surface area contributed by atoms with Crippen LogP contribution in [-0.4, -0.2) is 41.5 Å². The number of ether oxygens (including phenoxy) is 2. The van der Waals surface area contributed by atoms with Gasteiger partial charge in [0, 0.05) is 25.5 Å². The number of phenolic OH excluding ortho intramolecular Hbond substituents is 1. The van der Waals surface area contributed by atoms with Crippen molar-refractivity contribution in [3.8, 4) is 11.5 Å². The predicted octanol–water partition coefficient (Wildman–Crippen LogP) is 4.63. The topological polar surface area (TPSA) is 88.0 Å². The third-order valence-electron chi connectivity index (χ3n) is 5.94. The van der Waals surface area contributed by atoms with E-state index >= 15 is 0 Å². The van der Waals surface area contributed by atoms with E-state index in [9.17, 15) is 15.0 Å². The zero-order valence-electron chi connectivity index (χ0n) is 19.5. The molecule has 0 bridgehead atoms. The van der Waals surface area contributed by atoms with Gasteiger partial charge in [0.25, 0.3) is 0 Å². The quantitative estimate of drug-likeness (QED) is 0.292. The van der Waals surface area contributed by atoms with Gasteiger partial charge in [-0.2, -0.15) is 0 Å². The van der Waals surface area contributed by atoms with Gasteiger partial charge in [0.05, 0.1) is 12.2 Å². The summed E-state index contributed by atoms with van der Waals surface area (Å²) in [7, 11) is 1.85. The molecule has 0 spiro atoms. The Hall–Kier alpha value is -1.79. The molecule has 1 aromatic carbocycles. The number of benzene rings is 1. The van der Waals surface area contributed by atoms with Crippen LogP contribution < -0.4 is 10.1 Å². The molecular weight excluding hydrogens is 394 g/mol. The summed E-state index contributed by atoms with van der Waals surface area (Å²) in [5, 5.41) is 24.1. The number of aryl methyl sites for hydroxylation is 1. The minimum Gasteiger partial charge on any atom is -0.504 e. The van der Waals surface area contributed by atoms with Crippen molar-refractivity contribution in [2.45, 2.75) is 109 Å². The number of carbonyl (C=O) groups is 1. The summed E-state index contributed by atoms with van der Waals surface area (Å²) in [5.41, 5.74) is 1.84. The van der Waals surface area contributed by atoms with Crippen molar-refractivity contribution in [1.82, 2.24) is 5.32 Å². The number of aliphatic hydroxyl groups is 1. The van der Waals surface area contributed by atoms with Crippen LogP contribution in [-0.2, 0) is 22.5 Å². The first kappa shape index (κ1) is 25.5. The molecule has 1 aliphatic carbocycles. The molecule has 1 fully saturated rings. The Bertz CT molecular complexity index is 672. The maximum Gasteiger partial charge on any atom is 0.302 e. The van der Waals surface area contributed by atoms with E-state index < -0.39 is 6.10 Å². The summed E-state index contributed by atoms with van der Waals surface area (Å²) in [6.07, 6.45) is 9.44. The van der Waals surface area contributed by atoms with Gasteiger partial charge in [-0.25, -0.2) is 0 Å². The molecule has 0 unspecified atom stereocenters. The van der Waals surface area contributed by atoms with Crippen molar-refractivity contribution in [2.75, 3.05) is 7.05 Å². The fourth-order valence-electron chi connectivity index (χ4n) is 4.31. The Balaban J connectivity index is 2.06. The van der Waals surface area contributed by atoms with E-state index in [1.54, 1.807) is 0 Å². The van der Waals surface area contributed by atoms with Crippen LogP contribution in [0.1, 0.15) is 89.2 Å². The lowest BCUT2D eigenvalue weighted by molar-refractivity contribution is -0.148. The summed E-state index contributed by atoms with van der Waals surface area (Å²) in [6.45, 7) is 4.10. The molecule has 0 radical (unpaired) electrons. The molecule has 0 amide bonds. The number of aromatic hydroxyl groups is 1. The van der Waals surface area contributed by atoms with Gasteiger partial charge >= 0.3 is 5.97 Å². The first-order valence-corrected chi connectivity index (χ1v) is 11.9. The van der Waals surface area contributed by atoms with Crippen LogP contribution in [0.15, 0.2) is 12.1 Å². The first-order chi connectivity index (χ1) is 14.9. The van der Waals surface area contributed by atoms with E-state index in [1.807, 2.05) is 19.2 Å². The number of nitrogens with one attached hydrogen (secondary N) is 1. The maximum absolute atomic E-state index is 11.6. The van der Waals surface area contributed by atoms with Gasteiger partial charge in [-0.3, -0.25) is 4.79 Å². The molecule has 0 saturated heterocycles. The lowest BCUT2D eigenvalue weighted by atomic mass is 9.98. The lowest BCUT2D eigenvalue weighted by Crippen LogP contribution is -2.23. The van der Waals surface area contributed by atoms with Crippen LogP contribution in [0.2, 0.25) is 0 Å². The van der Waals surface area contributed by atoms with Crippen LogP contribution >= 0.6 is 0 Å². The summed E-state index contributed by atoms with van der Waals surface area (Å²) < 4.78 is 11.6. The van der Waals surface area contributed by atoms with Gasteiger partial charge in [-0.15, -0.1) is 0 Å². The Kier molecular flexibility index (Phi) is 11.2. The number of aliphatic hydroxyl groups excluding tert-OH is 1. The molecule has 0 aromatic heterocycles. The molecule has 2 rings (SSSR count). The molecule has 0 heterocycles. The Labute approximate surface area is 187 Å². The molecule has 1 aromatic rings. The third-order valence-corrected chi connectivity index (χ3v) is 5.94. The van der Waals surface area contributed by atoms with Crippen molar-refractivity contribution in [3.05, 3.63) is 23.3 Å². The standard InChI is InChI=1S/C25H41NO5/c1-4-5-6-9-21(28)16-23(30-18(2)27)13-12-19-14-20(17-26-3)25(29)24(15-19)31-22-10-7-8-11-22/h14-15,21-23,26,28-29H,4-13,16-17H2,1-3H3/t21-,23+/m0/s1. The maximum atomic E-state index is 11.6. The van der Waals surface area contributed by atoms with E-state index in [1.165, 1.54) is 19.8 Å². The van der Waals surface area contributed by atoms with Crippen LogP contribution in [0.5, 0.6) is 11.5 Å². The van der Waals surface area contributed by atoms with Gasteiger partial charge < -0.3 is 25.0 Å². The average Bonchev–Trinajstić information content (AvgIpc) is 3.22. The number of esters is 1. The number of phenols is 1. The van der Waals surface area contributed by atoms with Crippen LogP contribution in [0.3, 0.4) is 0 Å². The molecule has 6 nitrogen and oxygen atoms in total. The minimum atomic E-state index is -0.461. The van der Waals surface area contributed by atoms with Gasteiger partial charge in [0.15, 0.2) is 11.5 Å². The molecule has 6 heteroatoms. The van der Waals surface area contributed by atoms with Crippen molar-refractivity contribution in [3.63, 3.8) is 0 Å². The molecule has 3 N–H and O–H groups in total. The summed E-state index contributed by atoms with van der Waals surface area (Å²) >= 11 is 0. The molecule has 1 aliphatic rings. The predicted molar refractivity (Wildman–Crippen MR) is 122 cm³/mol. The normalized spacial score (nSPS) is 16.3. The van der Waals surface area contributed by atoms with Gasteiger partial charge in [0.1, 0.15) is 6.10 Å². The fourth-order valence-corrected chi connectivity index (χ4v) is 4.31. The summed E-state index contributed by atoms with van der Waals surface area (Å²) in [6, 6.07) is 3.89. The molecule has 2 atom stereocenters. The van der Waals surface area contributed by atoms with Crippen molar-refractivity contribution < 1.29 is 24.5 Å². The van der Waals surface area contributed by atoms with E-state index in [4.69, 9.17) is 9.47 Å². The van der Waals surface area contributed by atoms with E-state index in [-0.39, 0.29) is 23.9 Å².